The number of nitro benzene ring substituents is 1. The molecule has 0 aromatic heterocycles. The van der Waals surface area contributed by atoms with E-state index < -0.39 is 26.4 Å². The molecule has 0 amide bonds. The first-order valence-electron chi connectivity index (χ1n) is 6.14. The van der Waals surface area contributed by atoms with Gasteiger partial charge in [-0.2, -0.15) is 0 Å². The lowest BCUT2D eigenvalue weighted by Crippen LogP contribution is -2.13. The van der Waals surface area contributed by atoms with Crippen molar-refractivity contribution in [2.75, 3.05) is 24.7 Å². The predicted molar refractivity (Wildman–Crippen MR) is 75.9 cm³/mol. The van der Waals surface area contributed by atoms with Gasteiger partial charge in [0.2, 0.25) is 0 Å². The number of para-hydroxylation sites is 1. The fourth-order valence-electron chi connectivity index (χ4n) is 1.68. The van der Waals surface area contributed by atoms with Gasteiger partial charge in [0.25, 0.3) is 0 Å². The lowest BCUT2D eigenvalue weighted by atomic mass is 10.2. The first-order valence-corrected chi connectivity index (χ1v) is 8.03. The van der Waals surface area contributed by atoms with Crippen LogP contribution in [0.1, 0.15) is 13.3 Å². The van der Waals surface area contributed by atoms with Gasteiger partial charge in [-0.25, -0.2) is 8.42 Å². The minimum absolute atomic E-state index is 0.0219. The van der Waals surface area contributed by atoms with Crippen LogP contribution in [0.2, 0.25) is 0 Å². The number of carbonyl (C=O) groups is 1. The van der Waals surface area contributed by atoms with Crippen LogP contribution in [0.5, 0.6) is 0 Å². The molecule has 8 nitrogen and oxygen atoms in total. The highest BCUT2D eigenvalue weighted by Crippen LogP contribution is 2.31. The van der Waals surface area contributed by atoms with Gasteiger partial charge >= 0.3 is 11.7 Å². The molecule has 0 aliphatic rings. The number of esters is 1. The summed E-state index contributed by atoms with van der Waals surface area (Å²) in [7, 11) is -3.72. The molecule has 0 heterocycles. The second-order valence-electron chi connectivity index (χ2n) is 4.16. The second kappa shape index (κ2) is 7.02. The molecule has 1 N–H and O–H groups in total. The molecule has 0 radical (unpaired) electrons. The minimum Gasteiger partial charge on any atom is -0.466 e. The Morgan fingerprint density at radius 1 is 1.43 bits per heavy atom. The molecule has 1 aromatic carbocycles. The topological polar surface area (TPSA) is 116 Å². The van der Waals surface area contributed by atoms with Crippen LogP contribution in [0.15, 0.2) is 23.1 Å². The third kappa shape index (κ3) is 4.71. The molecule has 0 aliphatic carbocycles. The highest BCUT2D eigenvalue weighted by atomic mass is 32.2. The average molecular weight is 316 g/mol. The van der Waals surface area contributed by atoms with Gasteiger partial charge in [-0.05, 0) is 19.1 Å². The summed E-state index contributed by atoms with van der Waals surface area (Å²) in [6.07, 6.45) is 0.922. The maximum atomic E-state index is 11.6. The molecular formula is C12H16N2O6S. The Kier molecular flexibility index (Phi) is 5.65. The first kappa shape index (κ1) is 16.9. The summed E-state index contributed by atoms with van der Waals surface area (Å²) in [6.45, 7) is 2.03. The molecule has 116 valence electrons. The Hall–Kier alpha value is -2.16. The van der Waals surface area contributed by atoms with Crippen molar-refractivity contribution in [1.82, 2.24) is 0 Å². The van der Waals surface area contributed by atoms with Crippen LogP contribution in [0.25, 0.3) is 0 Å². The van der Waals surface area contributed by atoms with Crippen molar-refractivity contribution < 1.29 is 22.9 Å². The van der Waals surface area contributed by atoms with E-state index in [1.165, 1.54) is 18.2 Å². The van der Waals surface area contributed by atoms with E-state index in [9.17, 15) is 23.3 Å². The van der Waals surface area contributed by atoms with Crippen LogP contribution in [0.4, 0.5) is 11.4 Å². The molecule has 0 saturated carbocycles. The number of nitro groups is 1. The van der Waals surface area contributed by atoms with Gasteiger partial charge in [-0.1, -0.05) is 6.07 Å². The Bertz CT molecular complexity index is 641. The van der Waals surface area contributed by atoms with E-state index >= 15 is 0 Å². The van der Waals surface area contributed by atoms with Crippen molar-refractivity contribution in [3.8, 4) is 0 Å². The number of nitrogens with zero attached hydrogens (tertiary/aromatic N) is 1. The monoisotopic (exact) mass is 316 g/mol. The third-order valence-corrected chi connectivity index (χ3v) is 3.66. The SMILES string of the molecule is CCOC(=O)CCNc1cccc(S(C)(=O)=O)c1[N+](=O)[O-]. The van der Waals surface area contributed by atoms with Gasteiger partial charge in [-0.3, -0.25) is 14.9 Å². The first-order chi connectivity index (χ1) is 9.77. The van der Waals surface area contributed by atoms with E-state index in [0.29, 0.717) is 0 Å². The van der Waals surface area contributed by atoms with Crippen LogP contribution in [0.3, 0.4) is 0 Å². The Morgan fingerprint density at radius 2 is 2.10 bits per heavy atom. The third-order valence-electron chi connectivity index (χ3n) is 2.53. The van der Waals surface area contributed by atoms with Crippen LogP contribution < -0.4 is 5.32 Å². The molecule has 21 heavy (non-hydrogen) atoms. The molecule has 0 unspecified atom stereocenters. The van der Waals surface area contributed by atoms with Crippen LogP contribution in [0, 0.1) is 10.1 Å². The molecule has 1 rings (SSSR count). The van der Waals surface area contributed by atoms with E-state index in [-0.39, 0.29) is 30.2 Å². The van der Waals surface area contributed by atoms with Gasteiger partial charge in [0.05, 0.1) is 18.0 Å². The number of nitrogens with one attached hydrogen (secondary N) is 1. The lowest BCUT2D eigenvalue weighted by molar-refractivity contribution is -0.386. The summed E-state index contributed by atoms with van der Waals surface area (Å²) in [4.78, 5) is 21.2. The summed E-state index contributed by atoms with van der Waals surface area (Å²) in [5.74, 6) is -0.438. The fraction of sp³-hybridized carbons (Fsp3) is 0.417. The van der Waals surface area contributed by atoms with Gasteiger partial charge < -0.3 is 10.1 Å². The van der Waals surface area contributed by atoms with E-state index in [1.54, 1.807) is 6.92 Å². The molecular weight excluding hydrogens is 300 g/mol. The molecule has 0 aliphatic heterocycles. The van der Waals surface area contributed by atoms with Gasteiger partial charge in [0, 0.05) is 12.8 Å². The van der Waals surface area contributed by atoms with Crippen LogP contribution in [-0.4, -0.2) is 38.7 Å². The summed E-state index contributed by atoms with van der Waals surface area (Å²) < 4.78 is 27.9. The number of anilines is 1. The molecule has 0 fully saturated rings. The number of rotatable bonds is 7. The minimum atomic E-state index is -3.72. The van der Waals surface area contributed by atoms with Crippen molar-refractivity contribution in [1.29, 1.82) is 0 Å². The Morgan fingerprint density at radius 3 is 2.62 bits per heavy atom. The van der Waals surface area contributed by atoms with Crippen LogP contribution >= 0.6 is 0 Å². The predicted octanol–water partition coefficient (Wildman–Crippen LogP) is 1.36. The Balaban J connectivity index is 2.98. The molecule has 9 heteroatoms. The zero-order valence-electron chi connectivity index (χ0n) is 11.7. The van der Waals surface area contributed by atoms with E-state index in [2.05, 4.69) is 5.32 Å². The van der Waals surface area contributed by atoms with E-state index in [1.807, 2.05) is 0 Å². The number of benzene rings is 1. The van der Waals surface area contributed by atoms with Gasteiger partial charge in [0.1, 0.15) is 10.6 Å². The number of hydrogen-bond donors (Lipinski definition) is 1. The van der Waals surface area contributed by atoms with Crippen molar-refractivity contribution >= 4 is 27.2 Å². The Labute approximate surface area is 122 Å². The number of carbonyl (C=O) groups excluding carboxylic acids is 1. The summed E-state index contributed by atoms with van der Waals surface area (Å²) in [5, 5.41) is 13.8. The van der Waals surface area contributed by atoms with Crippen molar-refractivity contribution in [3.05, 3.63) is 28.3 Å². The maximum absolute atomic E-state index is 11.6. The molecule has 1 aromatic rings. The smallest absolute Gasteiger partial charge is 0.310 e. The second-order valence-corrected chi connectivity index (χ2v) is 6.15. The number of sulfone groups is 1. The van der Waals surface area contributed by atoms with Gasteiger partial charge in [-0.15, -0.1) is 0 Å². The summed E-state index contributed by atoms with van der Waals surface area (Å²) >= 11 is 0. The van der Waals surface area contributed by atoms with Crippen molar-refractivity contribution in [2.24, 2.45) is 0 Å². The highest BCUT2D eigenvalue weighted by Gasteiger charge is 2.25. The largest absolute Gasteiger partial charge is 0.466 e. The number of ether oxygens (including phenoxy) is 1. The van der Waals surface area contributed by atoms with Gasteiger partial charge in [0.15, 0.2) is 9.84 Å². The van der Waals surface area contributed by atoms with E-state index in [4.69, 9.17) is 4.74 Å². The van der Waals surface area contributed by atoms with Crippen molar-refractivity contribution in [3.63, 3.8) is 0 Å². The normalized spacial score (nSPS) is 11.0. The fourth-order valence-corrected chi connectivity index (χ4v) is 2.55. The molecule has 0 bridgehead atoms. The lowest BCUT2D eigenvalue weighted by Gasteiger charge is -2.09. The summed E-state index contributed by atoms with van der Waals surface area (Å²) in [6, 6.07) is 3.96. The highest BCUT2D eigenvalue weighted by molar-refractivity contribution is 7.90. The average Bonchev–Trinajstić information content (AvgIpc) is 2.37. The van der Waals surface area contributed by atoms with E-state index in [0.717, 1.165) is 6.26 Å². The quantitative estimate of drug-likeness (QED) is 0.458. The molecule has 0 spiro atoms. The molecule has 0 atom stereocenters. The molecule has 0 saturated heterocycles. The standard InChI is InChI=1S/C12H16N2O6S/c1-3-20-11(15)7-8-13-9-5-4-6-10(21(2,18)19)12(9)14(16)17/h4-6,13H,3,7-8H2,1-2H3. The zero-order chi connectivity index (χ0) is 16.0. The maximum Gasteiger partial charge on any atom is 0.310 e. The van der Waals surface area contributed by atoms with Crippen molar-refractivity contribution in [2.45, 2.75) is 18.2 Å². The number of hydrogen-bond acceptors (Lipinski definition) is 7. The van der Waals surface area contributed by atoms with Crippen LogP contribution in [-0.2, 0) is 19.4 Å². The zero-order valence-corrected chi connectivity index (χ0v) is 12.5. The summed E-state index contributed by atoms with van der Waals surface area (Å²) in [5.41, 5.74) is -0.476.